The van der Waals surface area contributed by atoms with Crippen molar-refractivity contribution in [3.8, 4) is 0 Å². The first-order valence-electron chi connectivity index (χ1n) is 7.01. The molecular weight excluding hydrogens is 326 g/mol. The minimum Gasteiger partial charge on any atom is -0.338 e. The van der Waals surface area contributed by atoms with E-state index in [9.17, 15) is 4.79 Å². The summed E-state index contributed by atoms with van der Waals surface area (Å²) >= 11 is 3.41. The van der Waals surface area contributed by atoms with Crippen LogP contribution in [0.1, 0.15) is 28.5 Å². The molecule has 1 heterocycles. The van der Waals surface area contributed by atoms with Crippen molar-refractivity contribution in [2.24, 2.45) is 0 Å². The molecule has 0 bridgehead atoms. The highest BCUT2D eigenvalue weighted by Crippen LogP contribution is 2.27. The molecule has 2 nitrogen and oxygen atoms in total. The normalized spacial score (nSPS) is 11.0. The van der Waals surface area contributed by atoms with Crippen LogP contribution >= 0.6 is 15.9 Å². The molecule has 0 spiro atoms. The first-order valence-corrected chi connectivity index (χ1v) is 7.81. The van der Waals surface area contributed by atoms with Crippen molar-refractivity contribution in [3.63, 3.8) is 0 Å². The Morgan fingerprint density at radius 2 is 1.76 bits per heavy atom. The van der Waals surface area contributed by atoms with E-state index in [1.54, 1.807) is 0 Å². The molecule has 0 aliphatic rings. The number of hydrogen-bond donors (Lipinski definition) is 0. The molecule has 3 aromatic rings. The maximum absolute atomic E-state index is 12.9. The summed E-state index contributed by atoms with van der Waals surface area (Å²) in [6, 6.07) is 15.7. The minimum absolute atomic E-state index is 0.0815. The lowest BCUT2D eigenvalue weighted by Gasteiger charge is -2.08. The van der Waals surface area contributed by atoms with E-state index < -0.39 is 0 Å². The van der Waals surface area contributed by atoms with Crippen LogP contribution in [0.5, 0.6) is 0 Å². The predicted molar refractivity (Wildman–Crippen MR) is 89.9 cm³/mol. The van der Waals surface area contributed by atoms with Crippen LogP contribution in [-0.4, -0.2) is 10.4 Å². The Labute approximate surface area is 132 Å². The molecule has 0 N–H and O–H groups in total. The average molecular weight is 342 g/mol. The molecule has 2 aromatic carbocycles. The summed E-state index contributed by atoms with van der Waals surface area (Å²) in [6.45, 7) is 4.89. The van der Waals surface area contributed by atoms with Gasteiger partial charge in [-0.1, -0.05) is 34.1 Å². The fraction of sp³-hybridized carbons (Fsp3) is 0.167. The average Bonchev–Trinajstić information content (AvgIpc) is 2.80. The summed E-state index contributed by atoms with van der Waals surface area (Å²) in [4.78, 5) is 12.9. The number of ketones is 1. The molecule has 1 aromatic heterocycles. The smallest absolute Gasteiger partial charge is 0.209 e. The Kier molecular flexibility index (Phi) is 3.68. The molecule has 0 saturated carbocycles. The van der Waals surface area contributed by atoms with Gasteiger partial charge in [0.2, 0.25) is 5.78 Å². The van der Waals surface area contributed by atoms with Crippen molar-refractivity contribution >= 4 is 32.6 Å². The van der Waals surface area contributed by atoms with Gasteiger partial charge in [-0.2, -0.15) is 0 Å². The van der Waals surface area contributed by atoms with Crippen LogP contribution in [0.4, 0.5) is 0 Å². The number of carbonyl (C=O) groups is 1. The van der Waals surface area contributed by atoms with Crippen LogP contribution in [0, 0.1) is 6.92 Å². The second kappa shape index (κ2) is 5.49. The van der Waals surface area contributed by atoms with Crippen molar-refractivity contribution in [1.29, 1.82) is 0 Å². The zero-order chi connectivity index (χ0) is 15.0. The Balaban J connectivity index is 2.22. The largest absolute Gasteiger partial charge is 0.338 e. The van der Waals surface area contributed by atoms with Crippen LogP contribution in [0.3, 0.4) is 0 Å². The van der Waals surface area contributed by atoms with Gasteiger partial charge in [0.1, 0.15) is 0 Å². The summed E-state index contributed by atoms with van der Waals surface area (Å²) in [6.07, 6.45) is 0. The van der Waals surface area contributed by atoms with Crippen LogP contribution in [0.2, 0.25) is 0 Å². The van der Waals surface area contributed by atoms with Gasteiger partial charge in [-0.15, -0.1) is 0 Å². The zero-order valence-corrected chi connectivity index (χ0v) is 13.6. The molecule has 0 radical (unpaired) electrons. The van der Waals surface area contributed by atoms with Crippen LogP contribution in [0.15, 0.2) is 53.0 Å². The lowest BCUT2D eigenvalue weighted by Crippen LogP contribution is -2.10. The molecule has 0 aliphatic heterocycles. The third-order valence-corrected chi connectivity index (χ3v) is 4.39. The van der Waals surface area contributed by atoms with Crippen molar-refractivity contribution < 1.29 is 4.79 Å². The molecule has 0 atom stereocenters. The summed E-state index contributed by atoms with van der Waals surface area (Å²) in [5.74, 6) is 0.0815. The van der Waals surface area contributed by atoms with E-state index in [1.807, 2.05) is 43.3 Å². The second-order valence-corrected chi connectivity index (χ2v) is 5.99. The third-order valence-electron chi connectivity index (χ3n) is 3.86. The highest BCUT2D eigenvalue weighted by atomic mass is 79.9. The van der Waals surface area contributed by atoms with E-state index >= 15 is 0 Å². The van der Waals surface area contributed by atoms with Gasteiger partial charge in [0.15, 0.2) is 0 Å². The predicted octanol–water partition coefficient (Wildman–Crippen LogP) is 4.96. The number of halogens is 1. The lowest BCUT2D eigenvalue weighted by molar-refractivity contribution is 0.103. The topological polar surface area (TPSA) is 22.0 Å². The Morgan fingerprint density at radius 1 is 1.10 bits per heavy atom. The minimum atomic E-state index is 0.0815. The number of para-hydroxylation sites is 1. The van der Waals surface area contributed by atoms with Crippen LogP contribution < -0.4 is 0 Å². The van der Waals surface area contributed by atoms with Crippen molar-refractivity contribution in [2.45, 2.75) is 20.4 Å². The van der Waals surface area contributed by atoms with Gasteiger partial charge in [0.25, 0.3) is 0 Å². The summed E-state index contributed by atoms with van der Waals surface area (Å²) in [5, 5.41) is 1.15. The Bertz CT molecular complexity index is 815. The maximum atomic E-state index is 12.9. The number of benzene rings is 2. The van der Waals surface area contributed by atoms with Gasteiger partial charge in [-0.3, -0.25) is 4.79 Å². The molecule has 0 aliphatic carbocycles. The highest BCUT2D eigenvalue weighted by molar-refractivity contribution is 9.10. The number of hydrogen-bond acceptors (Lipinski definition) is 1. The first kappa shape index (κ1) is 14.1. The summed E-state index contributed by atoms with van der Waals surface area (Å²) in [5.41, 5.74) is 3.69. The second-order valence-electron chi connectivity index (χ2n) is 5.07. The fourth-order valence-electron chi connectivity index (χ4n) is 2.84. The molecule has 0 saturated heterocycles. The Morgan fingerprint density at radius 3 is 2.43 bits per heavy atom. The van der Waals surface area contributed by atoms with E-state index in [0.29, 0.717) is 0 Å². The van der Waals surface area contributed by atoms with Gasteiger partial charge in [-0.05, 0) is 49.7 Å². The standard InChI is InChI=1S/C18H16BrNO/c1-3-20-16-7-5-4-6-15(16)12(2)17(20)18(21)13-8-10-14(19)11-9-13/h4-11H,3H2,1-2H3. The lowest BCUT2D eigenvalue weighted by atomic mass is 10.0. The Hall–Kier alpha value is -1.87. The zero-order valence-electron chi connectivity index (χ0n) is 12.1. The summed E-state index contributed by atoms with van der Waals surface area (Å²) in [7, 11) is 0. The molecule has 0 amide bonds. The van der Waals surface area contributed by atoms with Gasteiger partial charge < -0.3 is 4.57 Å². The number of aryl methyl sites for hydroxylation is 2. The monoisotopic (exact) mass is 341 g/mol. The molecule has 3 rings (SSSR count). The first-order chi connectivity index (χ1) is 10.1. The van der Waals surface area contributed by atoms with Gasteiger partial charge in [0.05, 0.1) is 5.69 Å². The van der Waals surface area contributed by atoms with E-state index in [2.05, 4.69) is 39.6 Å². The molecule has 106 valence electrons. The third kappa shape index (κ3) is 2.32. The number of carbonyl (C=O) groups excluding carboxylic acids is 1. The number of fused-ring (bicyclic) bond motifs is 1. The van der Waals surface area contributed by atoms with Gasteiger partial charge >= 0.3 is 0 Å². The maximum Gasteiger partial charge on any atom is 0.209 e. The summed E-state index contributed by atoms with van der Waals surface area (Å²) < 4.78 is 3.08. The van der Waals surface area contributed by atoms with E-state index in [1.165, 1.54) is 0 Å². The van der Waals surface area contributed by atoms with E-state index in [-0.39, 0.29) is 5.78 Å². The van der Waals surface area contributed by atoms with E-state index in [4.69, 9.17) is 0 Å². The quantitative estimate of drug-likeness (QED) is 0.617. The molecular formula is C18H16BrNO. The van der Waals surface area contributed by atoms with E-state index in [0.717, 1.165) is 38.7 Å². The van der Waals surface area contributed by atoms with Crippen molar-refractivity contribution in [2.75, 3.05) is 0 Å². The van der Waals surface area contributed by atoms with Gasteiger partial charge in [-0.25, -0.2) is 0 Å². The fourth-order valence-corrected chi connectivity index (χ4v) is 3.10. The SMILES string of the molecule is CCn1c(C(=O)c2ccc(Br)cc2)c(C)c2ccccc21. The van der Waals surface area contributed by atoms with Crippen LogP contribution in [-0.2, 0) is 6.54 Å². The highest BCUT2D eigenvalue weighted by Gasteiger charge is 2.20. The molecule has 0 fully saturated rings. The number of aromatic nitrogens is 1. The number of nitrogens with zero attached hydrogens (tertiary/aromatic N) is 1. The number of rotatable bonds is 3. The van der Waals surface area contributed by atoms with Gasteiger partial charge in [0, 0.05) is 27.5 Å². The molecule has 21 heavy (non-hydrogen) atoms. The van der Waals surface area contributed by atoms with Crippen molar-refractivity contribution in [3.05, 3.63) is 69.8 Å². The van der Waals surface area contributed by atoms with Crippen LogP contribution in [0.25, 0.3) is 10.9 Å². The molecule has 0 unspecified atom stereocenters. The van der Waals surface area contributed by atoms with Crippen molar-refractivity contribution in [1.82, 2.24) is 4.57 Å². The molecule has 3 heteroatoms.